The van der Waals surface area contributed by atoms with Gasteiger partial charge < -0.3 is 15.0 Å². The molecule has 1 aromatic rings. The number of anilines is 1. The molecule has 0 aromatic heterocycles. The van der Waals surface area contributed by atoms with Gasteiger partial charge in [0, 0.05) is 30.8 Å². The first-order valence-electron chi connectivity index (χ1n) is 7.68. The van der Waals surface area contributed by atoms with Crippen LogP contribution in [-0.4, -0.2) is 42.4 Å². The summed E-state index contributed by atoms with van der Waals surface area (Å²) in [6, 6.07) is 7.01. The van der Waals surface area contributed by atoms with Crippen molar-refractivity contribution in [2.24, 2.45) is 5.92 Å². The average molecular weight is 318 g/mol. The Kier molecular flexibility index (Phi) is 5.36. The van der Waals surface area contributed by atoms with Crippen molar-refractivity contribution in [3.63, 3.8) is 0 Å². The zero-order chi connectivity index (χ0) is 17.0. The van der Waals surface area contributed by atoms with Gasteiger partial charge in [-0.25, -0.2) is 0 Å². The van der Waals surface area contributed by atoms with Crippen molar-refractivity contribution in [2.45, 2.75) is 32.7 Å². The lowest BCUT2D eigenvalue weighted by Gasteiger charge is -2.25. The highest BCUT2D eigenvalue weighted by Gasteiger charge is 2.35. The zero-order valence-corrected chi connectivity index (χ0v) is 13.7. The van der Waals surface area contributed by atoms with Crippen LogP contribution in [0.4, 0.5) is 5.69 Å². The second-order valence-electron chi connectivity index (χ2n) is 5.87. The fourth-order valence-corrected chi connectivity index (χ4v) is 2.45. The first kappa shape index (κ1) is 17.0. The fraction of sp³-hybridized carbons (Fsp3) is 0.471. The number of amides is 2. The molecule has 23 heavy (non-hydrogen) atoms. The Morgan fingerprint density at radius 3 is 2.61 bits per heavy atom. The summed E-state index contributed by atoms with van der Waals surface area (Å²) in [6.07, 6.45) is 1.90. The van der Waals surface area contributed by atoms with E-state index in [0.29, 0.717) is 17.8 Å². The third kappa shape index (κ3) is 4.55. The van der Waals surface area contributed by atoms with Gasteiger partial charge in [0.1, 0.15) is 0 Å². The van der Waals surface area contributed by atoms with E-state index in [1.54, 1.807) is 36.1 Å². The molecule has 124 valence electrons. The number of rotatable bonds is 6. The summed E-state index contributed by atoms with van der Waals surface area (Å²) in [5.41, 5.74) is 1.08. The molecular formula is C17H22N2O4. The van der Waals surface area contributed by atoms with Gasteiger partial charge in [0.25, 0.3) is 5.91 Å². The SMILES string of the molecule is COC(=O)C(C)CN(C(=O)c1cccc(NC(C)=O)c1)C1CC1. The Hall–Kier alpha value is -2.37. The Morgan fingerprint density at radius 1 is 1.35 bits per heavy atom. The van der Waals surface area contributed by atoms with Crippen LogP contribution in [0.5, 0.6) is 0 Å². The molecule has 0 aliphatic heterocycles. The molecule has 1 unspecified atom stereocenters. The minimum Gasteiger partial charge on any atom is -0.469 e. The smallest absolute Gasteiger partial charge is 0.310 e. The van der Waals surface area contributed by atoms with E-state index in [1.165, 1.54) is 14.0 Å². The third-order valence-corrected chi connectivity index (χ3v) is 3.75. The van der Waals surface area contributed by atoms with E-state index in [1.807, 2.05) is 0 Å². The van der Waals surface area contributed by atoms with E-state index in [9.17, 15) is 14.4 Å². The van der Waals surface area contributed by atoms with E-state index >= 15 is 0 Å². The van der Waals surface area contributed by atoms with Crippen LogP contribution in [0.25, 0.3) is 0 Å². The first-order chi connectivity index (χ1) is 10.9. The second-order valence-corrected chi connectivity index (χ2v) is 5.87. The van der Waals surface area contributed by atoms with Crippen LogP contribution in [0.15, 0.2) is 24.3 Å². The molecule has 6 heteroatoms. The quantitative estimate of drug-likeness (QED) is 0.815. The molecule has 1 N–H and O–H groups in total. The summed E-state index contributed by atoms with van der Waals surface area (Å²) in [5.74, 6) is -1.01. The Bertz CT molecular complexity index is 610. The summed E-state index contributed by atoms with van der Waals surface area (Å²) in [6.45, 7) is 3.51. The van der Waals surface area contributed by atoms with Gasteiger partial charge in [-0.2, -0.15) is 0 Å². The molecule has 0 bridgehead atoms. The van der Waals surface area contributed by atoms with Crippen molar-refractivity contribution in [3.05, 3.63) is 29.8 Å². The van der Waals surface area contributed by atoms with E-state index in [4.69, 9.17) is 4.74 Å². The van der Waals surface area contributed by atoms with Gasteiger partial charge >= 0.3 is 5.97 Å². The van der Waals surface area contributed by atoms with Gasteiger partial charge in [-0.05, 0) is 31.0 Å². The topological polar surface area (TPSA) is 75.7 Å². The molecule has 1 saturated carbocycles. The number of methoxy groups -OCH3 is 1. The van der Waals surface area contributed by atoms with Crippen LogP contribution >= 0.6 is 0 Å². The van der Waals surface area contributed by atoms with Crippen molar-refractivity contribution in [2.75, 3.05) is 19.0 Å². The Morgan fingerprint density at radius 2 is 2.04 bits per heavy atom. The van der Waals surface area contributed by atoms with E-state index in [-0.39, 0.29) is 29.7 Å². The first-order valence-corrected chi connectivity index (χ1v) is 7.68. The van der Waals surface area contributed by atoms with E-state index < -0.39 is 0 Å². The molecule has 1 atom stereocenters. The molecule has 0 saturated heterocycles. The molecule has 0 heterocycles. The Labute approximate surface area is 135 Å². The molecule has 0 radical (unpaired) electrons. The summed E-state index contributed by atoms with van der Waals surface area (Å²) in [5, 5.41) is 2.67. The Balaban J connectivity index is 2.15. The molecule has 1 aromatic carbocycles. The highest BCUT2D eigenvalue weighted by molar-refractivity contribution is 5.97. The van der Waals surface area contributed by atoms with Crippen LogP contribution in [0.1, 0.15) is 37.0 Å². The number of nitrogens with one attached hydrogen (secondary N) is 1. The molecule has 6 nitrogen and oxygen atoms in total. The minimum atomic E-state index is -0.372. The number of hydrogen-bond acceptors (Lipinski definition) is 4. The largest absolute Gasteiger partial charge is 0.469 e. The lowest BCUT2D eigenvalue weighted by Crippen LogP contribution is -2.38. The summed E-state index contributed by atoms with van der Waals surface area (Å²) in [4.78, 5) is 37.3. The summed E-state index contributed by atoms with van der Waals surface area (Å²) >= 11 is 0. The molecule has 1 aliphatic carbocycles. The number of hydrogen-bond donors (Lipinski definition) is 1. The van der Waals surface area contributed by atoms with Crippen molar-refractivity contribution >= 4 is 23.5 Å². The molecule has 1 fully saturated rings. The van der Waals surface area contributed by atoms with Gasteiger partial charge in [-0.15, -0.1) is 0 Å². The maximum absolute atomic E-state index is 12.8. The van der Waals surface area contributed by atoms with Crippen molar-refractivity contribution in [3.8, 4) is 0 Å². The van der Waals surface area contributed by atoms with Gasteiger partial charge in [0.2, 0.25) is 5.91 Å². The average Bonchev–Trinajstić information content (AvgIpc) is 3.35. The predicted octanol–water partition coefficient (Wildman–Crippen LogP) is 2.06. The molecule has 0 spiro atoms. The molecule has 2 rings (SSSR count). The molecule has 1 aliphatic rings. The highest BCUT2D eigenvalue weighted by atomic mass is 16.5. The number of carbonyl (C=O) groups is 3. The van der Waals surface area contributed by atoms with Crippen molar-refractivity contribution in [1.29, 1.82) is 0 Å². The van der Waals surface area contributed by atoms with Crippen molar-refractivity contribution < 1.29 is 19.1 Å². The maximum atomic E-state index is 12.8. The number of nitrogens with zero attached hydrogens (tertiary/aromatic N) is 1. The second kappa shape index (κ2) is 7.26. The van der Waals surface area contributed by atoms with Crippen LogP contribution in [0, 0.1) is 5.92 Å². The van der Waals surface area contributed by atoms with Gasteiger partial charge in [0.15, 0.2) is 0 Å². The van der Waals surface area contributed by atoms with Gasteiger partial charge in [0.05, 0.1) is 13.0 Å². The normalized spacial score (nSPS) is 14.7. The van der Waals surface area contributed by atoms with Gasteiger partial charge in [-0.3, -0.25) is 14.4 Å². The van der Waals surface area contributed by atoms with E-state index in [0.717, 1.165) is 12.8 Å². The summed E-state index contributed by atoms with van der Waals surface area (Å²) in [7, 11) is 1.35. The third-order valence-electron chi connectivity index (χ3n) is 3.75. The van der Waals surface area contributed by atoms with Crippen LogP contribution in [-0.2, 0) is 14.3 Å². The van der Waals surface area contributed by atoms with Crippen LogP contribution < -0.4 is 5.32 Å². The maximum Gasteiger partial charge on any atom is 0.310 e. The number of esters is 1. The van der Waals surface area contributed by atoms with Crippen molar-refractivity contribution in [1.82, 2.24) is 4.90 Å². The monoisotopic (exact) mass is 318 g/mol. The number of ether oxygens (including phenoxy) is 1. The lowest BCUT2D eigenvalue weighted by atomic mass is 10.1. The van der Waals surface area contributed by atoms with Crippen LogP contribution in [0.2, 0.25) is 0 Å². The van der Waals surface area contributed by atoms with E-state index in [2.05, 4.69) is 5.32 Å². The van der Waals surface area contributed by atoms with Gasteiger partial charge in [-0.1, -0.05) is 13.0 Å². The number of carbonyl (C=O) groups excluding carboxylic acids is 3. The highest BCUT2D eigenvalue weighted by Crippen LogP contribution is 2.29. The zero-order valence-electron chi connectivity index (χ0n) is 13.7. The molecule has 2 amide bonds. The molecular weight excluding hydrogens is 296 g/mol. The summed E-state index contributed by atoms with van der Waals surface area (Å²) < 4.78 is 4.74. The number of benzene rings is 1. The van der Waals surface area contributed by atoms with Crippen LogP contribution in [0.3, 0.4) is 0 Å². The lowest BCUT2D eigenvalue weighted by molar-refractivity contribution is -0.145. The fourth-order valence-electron chi connectivity index (χ4n) is 2.45. The predicted molar refractivity (Wildman–Crippen MR) is 86.0 cm³/mol. The minimum absolute atomic E-state index is 0.129. The standard InChI is InChI=1S/C17H22N2O4/c1-11(17(22)23-3)10-19(15-7-8-15)16(21)13-5-4-6-14(9-13)18-12(2)20/h4-6,9,11,15H,7-8,10H2,1-3H3,(H,18,20).